The highest BCUT2D eigenvalue weighted by molar-refractivity contribution is 6.34. The molecule has 3 rings (SSSR count). The van der Waals surface area contributed by atoms with Crippen molar-refractivity contribution in [1.82, 2.24) is 4.98 Å². The highest BCUT2D eigenvalue weighted by Crippen LogP contribution is 2.29. The summed E-state index contributed by atoms with van der Waals surface area (Å²) in [5.41, 5.74) is 7.61. The fourth-order valence-electron chi connectivity index (χ4n) is 2.15. The lowest BCUT2D eigenvalue weighted by molar-refractivity contribution is 0.464. The summed E-state index contributed by atoms with van der Waals surface area (Å²) in [6.07, 6.45) is 0. The van der Waals surface area contributed by atoms with Crippen LogP contribution < -0.4 is 10.5 Å². The molecule has 1 heterocycles. The van der Waals surface area contributed by atoms with E-state index < -0.39 is 0 Å². The second kappa shape index (κ2) is 5.90. The maximum atomic E-state index is 5.97. The van der Waals surface area contributed by atoms with Crippen LogP contribution in [0.25, 0.3) is 10.9 Å². The summed E-state index contributed by atoms with van der Waals surface area (Å²) in [5.74, 6) is 1.01. The number of hydrogen-bond acceptors (Lipinski definition) is 3. The van der Waals surface area contributed by atoms with Crippen LogP contribution in [0.2, 0.25) is 10.0 Å². The van der Waals surface area contributed by atoms with Crippen LogP contribution in [0.15, 0.2) is 48.5 Å². The Morgan fingerprint density at radius 2 is 1.71 bits per heavy atom. The van der Waals surface area contributed by atoms with Gasteiger partial charge in [-0.25, -0.2) is 4.98 Å². The third kappa shape index (κ3) is 3.10. The van der Waals surface area contributed by atoms with Gasteiger partial charge in [-0.3, -0.25) is 0 Å². The highest BCUT2D eigenvalue weighted by Gasteiger charge is 2.07. The summed E-state index contributed by atoms with van der Waals surface area (Å²) in [6, 6.07) is 14.7. The first-order valence-electron chi connectivity index (χ1n) is 6.38. The van der Waals surface area contributed by atoms with Gasteiger partial charge in [-0.1, -0.05) is 41.4 Å². The van der Waals surface area contributed by atoms with Crippen molar-refractivity contribution in [2.75, 3.05) is 0 Å². The van der Waals surface area contributed by atoms with Crippen LogP contribution >= 0.6 is 23.2 Å². The molecule has 21 heavy (non-hydrogen) atoms. The summed E-state index contributed by atoms with van der Waals surface area (Å²) in [6.45, 7) is 0.412. The number of fused-ring (bicyclic) bond motifs is 1. The predicted molar refractivity (Wildman–Crippen MR) is 86.2 cm³/mol. The molecule has 0 aliphatic carbocycles. The number of hydrogen-bond donors (Lipinski definition) is 1. The molecule has 0 bridgehead atoms. The molecule has 5 heteroatoms. The van der Waals surface area contributed by atoms with E-state index in [2.05, 4.69) is 4.98 Å². The number of aromatic nitrogens is 1. The monoisotopic (exact) mass is 318 g/mol. The van der Waals surface area contributed by atoms with E-state index in [0.717, 1.165) is 16.5 Å². The van der Waals surface area contributed by atoms with Crippen molar-refractivity contribution in [2.45, 2.75) is 6.54 Å². The molecule has 3 aromatic rings. The third-order valence-electron chi connectivity index (χ3n) is 3.06. The van der Waals surface area contributed by atoms with Crippen molar-refractivity contribution in [3.05, 3.63) is 64.1 Å². The molecule has 2 aromatic carbocycles. The van der Waals surface area contributed by atoms with Gasteiger partial charge in [-0.2, -0.15) is 0 Å². The minimum absolute atomic E-state index is 0.412. The number of nitrogens with zero attached hydrogens (tertiary/aromatic N) is 1. The van der Waals surface area contributed by atoms with Gasteiger partial charge in [0.25, 0.3) is 0 Å². The molecule has 0 saturated carbocycles. The van der Waals surface area contributed by atoms with Crippen LogP contribution in [0.1, 0.15) is 5.56 Å². The quantitative estimate of drug-likeness (QED) is 0.755. The lowest BCUT2D eigenvalue weighted by Gasteiger charge is -2.10. The van der Waals surface area contributed by atoms with Crippen molar-refractivity contribution in [1.29, 1.82) is 0 Å². The number of nitrogens with two attached hydrogens (primary N) is 1. The zero-order valence-electron chi connectivity index (χ0n) is 11.0. The van der Waals surface area contributed by atoms with Gasteiger partial charge < -0.3 is 10.5 Å². The topological polar surface area (TPSA) is 48.1 Å². The van der Waals surface area contributed by atoms with Crippen molar-refractivity contribution >= 4 is 34.1 Å². The molecule has 0 aliphatic heterocycles. The molecule has 0 amide bonds. The Hall–Kier alpha value is -1.81. The molecule has 0 fully saturated rings. The van der Waals surface area contributed by atoms with Crippen molar-refractivity contribution in [3.8, 4) is 11.6 Å². The molecule has 0 saturated heterocycles. The van der Waals surface area contributed by atoms with Gasteiger partial charge in [0, 0.05) is 28.0 Å². The zero-order valence-corrected chi connectivity index (χ0v) is 12.5. The van der Waals surface area contributed by atoms with E-state index in [0.29, 0.717) is 28.2 Å². The van der Waals surface area contributed by atoms with E-state index >= 15 is 0 Å². The molecule has 0 spiro atoms. The van der Waals surface area contributed by atoms with Gasteiger partial charge >= 0.3 is 0 Å². The molecule has 0 radical (unpaired) electrons. The molecule has 1 aromatic heterocycles. The summed E-state index contributed by atoms with van der Waals surface area (Å²) < 4.78 is 5.76. The van der Waals surface area contributed by atoms with Crippen LogP contribution in [0.3, 0.4) is 0 Å². The standard InChI is InChI=1S/C16H12Cl2N2O/c17-11-6-12(18)8-13(7-11)21-16-5-10(9-19)14-3-1-2-4-15(14)20-16/h1-8H,9,19H2. The number of rotatable bonds is 3. The molecule has 3 nitrogen and oxygen atoms in total. The van der Waals surface area contributed by atoms with Crippen molar-refractivity contribution in [3.63, 3.8) is 0 Å². The van der Waals surface area contributed by atoms with Gasteiger partial charge in [0.1, 0.15) is 5.75 Å². The molecule has 0 atom stereocenters. The molecule has 2 N–H and O–H groups in total. The van der Waals surface area contributed by atoms with Crippen molar-refractivity contribution < 1.29 is 4.74 Å². The lowest BCUT2D eigenvalue weighted by atomic mass is 10.1. The normalized spacial score (nSPS) is 10.8. The maximum absolute atomic E-state index is 5.97. The van der Waals surface area contributed by atoms with Crippen LogP contribution in [0, 0.1) is 0 Å². The second-order valence-electron chi connectivity index (χ2n) is 4.55. The Kier molecular flexibility index (Phi) is 3.97. The first kappa shape index (κ1) is 14.1. The third-order valence-corrected chi connectivity index (χ3v) is 3.49. The fourth-order valence-corrected chi connectivity index (χ4v) is 2.66. The highest BCUT2D eigenvalue weighted by atomic mass is 35.5. The van der Waals surface area contributed by atoms with Crippen LogP contribution in [-0.4, -0.2) is 4.98 Å². The number of benzene rings is 2. The van der Waals surface area contributed by atoms with Crippen LogP contribution in [0.4, 0.5) is 0 Å². The van der Waals surface area contributed by atoms with E-state index in [-0.39, 0.29) is 0 Å². The smallest absolute Gasteiger partial charge is 0.220 e. The first-order chi connectivity index (χ1) is 10.2. The molecule has 106 valence electrons. The summed E-state index contributed by atoms with van der Waals surface area (Å²) in [5, 5.41) is 2.05. The minimum Gasteiger partial charge on any atom is -0.439 e. The van der Waals surface area contributed by atoms with Gasteiger partial charge in [0.2, 0.25) is 5.88 Å². The number of ether oxygens (including phenoxy) is 1. The maximum Gasteiger partial charge on any atom is 0.220 e. The van der Waals surface area contributed by atoms with E-state index in [1.807, 2.05) is 30.3 Å². The summed E-state index contributed by atoms with van der Waals surface area (Å²) in [7, 11) is 0. The van der Waals surface area contributed by atoms with Crippen molar-refractivity contribution in [2.24, 2.45) is 5.73 Å². The first-order valence-corrected chi connectivity index (χ1v) is 7.14. The van der Waals surface area contributed by atoms with Crippen LogP contribution in [-0.2, 0) is 6.54 Å². The van der Waals surface area contributed by atoms with E-state index in [9.17, 15) is 0 Å². The Bertz CT molecular complexity index is 785. The van der Waals surface area contributed by atoms with E-state index in [1.54, 1.807) is 18.2 Å². The van der Waals surface area contributed by atoms with Gasteiger partial charge in [-0.05, 0) is 29.8 Å². The predicted octanol–water partition coefficient (Wildman–Crippen LogP) is 4.79. The Morgan fingerprint density at radius 1 is 1.00 bits per heavy atom. The Morgan fingerprint density at radius 3 is 2.43 bits per heavy atom. The second-order valence-corrected chi connectivity index (χ2v) is 5.42. The summed E-state index contributed by atoms with van der Waals surface area (Å²) >= 11 is 11.9. The van der Waals surface area contributed by atoms with Gasteiger partial charge in [0.15, 0.2) is 0 Å². The van der Waals surface area contributed by atoms with Gasteiger partial charge in [-0.15, -0.1) is 0 Å². The largest absolute Gasteiger partial charge is 0.439 e. The molecular formula is C16H12Cl2N2O. The average Bonchev–Trinajstić information content (AvgIpc) is 2.45. The zero-order chi connectivity index (χ0) is 14.8. The lowest BCUT2D eigenvalue weighted by Crippen LogP contribution is -1.99. The summed E-state index contributed by atoms with van der Waals surface area (Å²) in [4.78, 5) is 4.47. The average molecular weight is 319 g/mol. The van der Waals surface area contributed by atoms with E-state index in [1.165, 1.54) is 0 Å². The van der Waals surface area contributed by atoms with E-state index in [4.69, 9.17) is 33.7 Å². The van der Waals surface area contributed by atoms with Gasteiger partial charge in [0.05, 0.1) is 5.52 Å². The minimum atomic E-state index is 0.412. The number of para-hydroxylation sites is 1. The number of halogens is 2. The fraction of sp³-hybridized carbons (Fsp3) is 0.0625. The molecular weight excluding hydrogens is 307 g/mol. The molecule has 0 unspecified atom stereocenters. The Labute approximate surface area is 132 Å². The number of pyridine rings is 1. The molecule has 0 aliphatic rings. The van der Waals surface area contributed by atoms with Crippen LogP contribution in [0.5, 0.6) is 11.6 Å². The Balaban J connectivity index is 2.04. The SMILES string of the molecule is NCc1cc(Oc2cc(Cl)cc(Cl)c2)nc2ccccc12.